The minimum Gasteiger partial charge on any atom is -0.162 e. The van der Waals surface area contributed by atoms with Crippen LogP contribution in [-0.2, 0) is 0 Å². The Morgan fingerprint density at radius 3 is 1.75 bits per heavy atom. The molecule has 0 heterocycles. The van der Waals surface area contributed by atoms with Crippen LogP contribution in [0.2, 0.25) is 0 Å². The van der Waals surface area contributed by atoms with E-state index in [1.807, 2.05) is 0 Å². The number of hydrogen-bond acceptors (Lipinski definition) is 1. The molecule has 2 heteroatoms. The van der Waals surface area contributed by atoms with Crippen LogP contribution in [0.5, 0.6) is 0 Å². The van der Waals surface area contributed by atoms with Crippen molar-refractivity contribution >= 4 is 19.7 Å². The van der Waals surface area contributed by atoms with Crippen molar-refractivity contribution in [2.24, 2.45) is 0 Å². The average Bonchev–Trinajstić information content (AvgIpc) is 2.31. The first kappa shape index (κ1) is 16.8. The second-order valence-corrected chi connectivity index (χ2v) is 8.42. The van der Waals surface area contributed by atoms with E-state index in [0.717, 1.165) is 0 Å². The van der Waals surface area contributed by atoms with Gasteiger partial charge < -0.3 is 0 Å². The van der Waals surface area contributed by atoms with Gasteiger partial charge in [0.1, 0.15) is 0 Å². The molecule has 0 saturated heterocycles. The molecule has 0 spiro atoms. The highest BCUT2D eigenvalue weighted by Gasteiger charge is 2.06. The normalized spacial score (nSPS) is 11.2. The highest BCUT2D eigenvalue weighted by Crippen LogP contribution is 2.38. The molecule has 0 saturated carbocycles. The van der Waals surface area contributed by atoms with Gasteiger partial charge in [0.15, 0.2) is 0 Å². The third-order valence-corrected chi connectivity index (χ3v) is 6.98. The second kappa shape index (κ2) is 13.8. The summed E-state index contributed by atoms with van der Waals surface area (Å²) in [6.45, 7) is 6.93. The Morgan fingerprint density at radius 2 is 1.25 bits per heavy atom. The van der Waals surface area contributed by atoms with Crippen LogP contribution >= 0.6 is 19.7 Å². The molecule has 0 aliphatic heterocycles. The molecule has 0 aromatic carbocycles. The van der Waals surface area contributed by atoms with E-state index in [0.29, 0.717) is 7.92 Å². The third-order valence-electron chi connectivity index (χ3n) is 2.85. The largest absolute Gasteiger partial charge is 0.162 e. The number of unbranched alkanes of at least 4 members (excludes halogenated alkanes) is 3. The molecule has 0 rings (SSSR count). The summed E-state index contributed by atoms with van der Waals surface area (Å²) in [6.07, 6.45) is 13.1. The van der Waals surface area contributed by atoms with Crippen molar-refractivity contribution in [1.82, 2.24) is 0 Å². The Bertz CT molecular complexity index is 120. The molecule has 0 radical (unpaired) electrons. The fourth-order valence-corrected chi connectivity index (χ4v) is 6.08. The quantitative estimate of drug-likeness (QED) is 0.326. The van der Waals surface area contributed by atoms with E-state index in [1.165, 1.54) is 56.2 Å². The summed E-state index contributed by atoms with van der Waals surface area (Å²) >= 11 is 2.19. The highest BCUT2D eigenvalue weighted by molar-refractivity contribution is 7.99. The Hall–Kier alpha value is 0.780. The zero-order valence-electron chi connectivity index (χ0n) is 11.6. The molecule has 0 bridgehead atoms. The van der Waals surface area contributed by atoms with E-state index < -0.39 is 0 Å². The fraction of sp³-hybridized carbons (Fsp3) is 1.00. The van der Waals surface area contributed by atoms with E-state index in [2.05, 4.69) is 32.5 Å². The van der Waals surface area contributed by atoms with Crippen LogP contribution in [-0.4, -0.2) is 30.0 Å². The Morgan fingerprint density at radius 1 is 0.688 bits per heavy atom. The summed E-state index contributed by atoms with van der Waals surface area (Å²) in [4.78, 5) is 0. The third kappa shape index (κ3) is 11.3. The molecule has 0 aromatic heterocycles. The van der Waals surface area contributed by atoms with Gasteiger partial charge in [-0.3, -0.25) is 0 Å². The lowest BCUT2D eigenvalue weighted by molar-refractivity contribution is 0.866. The summed E-state index contributed by atoms with van der Waals surface area (Å²) in [5, 5.41) is 0. The predicted molar refractivity (Wildman–Crippen MR) is 83.6 cm³/mol. The van der Waals surface area contributed by atoms with Crippen LogP contribution in [0, 0.1) is 0 Å². The zero-order chi connectivity index (χ0) is 12.1. The fourth-order valence-electron chi connectivity index (χ4n) is 1.64. The van der Waals surface area contributed by atoms with Gasteiger partial charge in [-0.05, 0) is 49.3 Å². The zero-order valence-corrected chi connectivity index (χ0v) is 13.3. The molecule has 0 atom stereocenters. The Labute approximate surface area is 109 Å². The predicted octanol–water partition coefficient (Wildman–Crippen LogP) is 5.60. The Balaban J connectivity index is 3.48. The van der Waals surface area contributed by atoms with Crippen molar-refractivity contribution in [1.29, 1.82) is 0 Å². The second-order valence-electron chi connectivity index (χ2n) is 4.51. The van der Waals surface area contributed by atoms with E-state index in [-0.39, 0.29) is 0 Å². The molecule has 0 aromatic rings. The summed E-state index contributed by atoms with van der Waals surface area (Å²) in [5.41, 5.74) is 0. The highest BCUT2D eigenvalue weighted by atomic mass is 32.2. The van der Waals surface area contributed by atoms with E-state index in [4.69, 9.17) is 0 Å². The summed E-state index contributed by atoms with van der Waals surface area (Å²) in [6, 6.07) is 0. The van der Waals surface area contributed by atoms with Crippen molar-refractivity contribution in [3.63, 3.8) is 0 Å². The number of hydrogen-bond donors (Lipinski definition) is 0. The first-order valence-corrected chi connectivity index (χ1v) is 10.2. The smallest absolute Gasteiger partial charge is 0.00281 e. The minimum atomic E-state index is 0.386. The van der Waals surface area contributed by atoms with Gasteiger partial charge in [0.2, 0.25) is 0 Å². The van der Waals surface area contributed by atoms with Crippen molar-refractivity contribution in [3.8, 4) is 0 Å². The van der Waals surface area contributed by atoms with Gasteiger partial charge in [0, 0.05) is 0 Å². The van der Waals surface area contributed by atoms with Gasteiger partial charge in [-0.15, -0.1) is 7.92 Å². The molecule has 0 aliphatic carbocycles. The molecule has 0 fully saturated rings. The van der Waals surface area contributed by atoms with Crippen LogP contribution in [0.25, 0.3) is 0 Å². The molecule has 0 amide bonds. The molecule has 0 nitrogen and oxygen atoms in total. The summed E-state index contributed by atoms with van der Waals surface area (Å²) < 4.78 is 0. The van der Waals surface area contributed by atoms with Crippen LogP contribution in [0.4, 0.5) is 0 Å². The molecular weight excluding hydrogens is 231 g/mol. The Kier molecular flexibility index (Phi) is 14.5. The van der Waals surface area contributed by atoms with Crippen molar-refractivity contribution in [3.05, 3.63) is 0 Å². The number of thioether (sulfide) groups is 1. The van der Waals surface area contributed by atoms with Gasteiger partial charge in [-0.1, -0.05) is 40.0 Å². The van der Waals surface area contributed by atoms with Gasteiger partial charge in [0.25, 0.3) is 0 Å². The standard InChI is InChI=1S/C14H31PS/c1-4-7-10-15(11-8-5-2)12-14-16-13-9-6-3/h4-14H2,1-3H3. The van der Waals surface area contributed by atoms with Crippen LogP contribution in [0.1, 0.15) is 59.3 Å². The minimum absolute atomic E-state index is 0.386. The topological polar surface area (TPSA) is 0 Å². The first-order valence-electron chi connectivity index (χ1n) is 7.15. The lowest BCUT2D eigenvalue weighted by Gasteiger charge is -2.16. The van der Waals surface area contributed by atoms with Gasteiger partial charge in [0.05, 0.1) is 0 Å². The van der Waals surface area contributed by atoms with Crippen molar-refractivity contribution < 1.29 is 0 Å². The van der Waals surface area contributed by atoms with Crippen molar-refractivity contribution in [2.45, 2.75) is 59.3 Å². The molecular formula is C14H31PS. The maximum absolute atomic E-state index is 2.32. The lowest BCUT2D eigenvalue weighted by Crippen LogP contribution is -1.98. The lowest BCUT2D eigenvalue weighted by atomic mass is 10.4. The summed E-state index contributed by atoms with van der Waals surface area (Å²) in [7, 11) is 0.386. The van der Waals surface area contributed by atoms with E-state index in [9.17, 15) is 0 Å². The molecule has 0 N–H and O–H groups in total. The van der Waals surface area contributed by atoms with Crippen LogP contribution in [0.15, 0.2) is 0 Å². The first-order chi connectivity index (χ1) is 7.85. The van der Waals surface area contributed by atoms with Crippen molar-refractivity contribution in [2.75, 3.05) is 30.0 Å². The number of rotatable bonds is 12. The summed E-state index contributed by atoms with van der Waals surface area (Å²) in [5.74, 6) is 2.82. The van der Waals surface area contributed by atoms with E-state index in [1.54, 1.807) is 12.3 Å². The SMILES string of the molecule is CCCCSCCP(CCCC)CCCC. The average molecular weight is 262 g/mol. The maximum Gasteiger partial charge on any atom is -0.00281 e. The monoisotopic (exact) mass is 262 g/mol. The van der Waals surface area contributed by atoms with Crippen LogP contribution < -0.4 is 0 Å². The van der Waals surface area contributed by atoms with Gasteiger partial charge >= 0.3 is 0 Å². The molecule has 98 valence electrons. The van der Waals surface area contributed by atoms with E-state index >= 15 is 0 Å². The molecule has 0 aliphatic rings. The van der Waals surface area contributed by atoms with Crippen LogP contribution in [0.3, 0.4) is 0 Å². The molecule has 16 heavy (non-hydrogen) atoms. The van der Waals surface area contributed by atoms with Gasteiger partial charge in [-0.25, -0.2) is 0 Å². The maximum atomic E-state index is 2.32. The van der Waals surface area contributed by atoms with Gasteiger partial charge in [-0.2, -0.15) is 11.8 Å². The molecule has 0 unspecified atom stereocenters.